The fraction of sp³-hybridized carbons (Fsp3) is 0.345. The van der Waals surface area contributed by atoms with Crippen LogP contribution in [0.15, 0.2) is 91.0 Å². The van der Waals surface area contributed by atoms with Gasteiger partial charge in [-0.1, -0.05) is 91.0 Å². The van der Waals surface area contributed by atoms with Gasteiger partial charge in [0.05, 0.1) is 6.10 Å². The van der Waals surface area contributed by atoms with Crippen LogP contribution in [-0.4, -0.2) is 32.9 Å². The van der Waals surface area contributed by atoms with Crippen LogP contribution in [0.4, 0.5) is 0 Å². The Labute approximate surface area is 197 Å². The van der Waals surface area contributed by atoms with E-state index in [1.807, 2.05) is 18.2 Å². The van der Waals surface area contributed by atoms with Crippen molar-refractivity contribution in [3.8, 4) is 0 Å². The summed E-state index contributed by atoms with van der Waals surface area (Å²) in [6.45, 7) is 0.850. The zero-order valence-electron chi connectivity index (χ0n) is 19.4. The first-order chi connectivity index (χ1) is 16.3. The Morgan fingerprint density at radius 3 is 1.73 bits per heavy atom. The van der Waals surface area contributed by atoms with Gasteiger partial charge < -0.3 is 19.0 Å². The van der Waals surface area contributed by atoms with Crippen LogP contribution in [-0.2, 0) is 24.6 Å². The molecule has 0 saturated carbocycles. The minimum absolute atomic E-state index is 0.0253. The Bertz CT molecular complexity index is 815. The van der Waals surface area contributed by atoms with Crippen molar-refractivity contribution in [1.82, 2.24) is 0 Å². The van der Waals surface area contributed by atoms with Crippen molar-refractivity contribution in [2.75, 3.05) is 20.5 Å². The third-order valence-corrected chi connectivity index (χ3v) is 5.81. The molecule has 3 aromatic rings. The van der Waals surface area contributed by atoms with E-state index >= 15 is 0 Å². The van der Waals surface area contributed by atoms with Crippen molar-refractivity contribution < 1.29 is 19.0 Å². The van der Waals surface area contributed by atoms with Gasteiger partial charge in [-0.2, -0.15) is 0 Å². The molecule has 174 valence electrons. The molecule has 4 nitrogen and oxygen atoms in total. The van der Waals surface area contributed by atoms with Crippen LogP contribution in [0, 0.1) is 0 Å². The molecule has 3 rings (SSSR count). The number of unbranched alkanes of at least 4 members (excludes halogenated alkanes) is 1. The predicted molar refractivity (Wildman–Crippen MR) is 131 cm³/mol. The maximum Gasteiger partial charge on any atom is 0.146 e. The summed E-state index contributed by atoms with van der Waals surface area (Å²) in [4.78, 5) is 10.8. The molecule has 0 heterocycles. The number of methoxy groups -OCH3 is 1. The Morgan fingerprint density at radius 2 is 1.27 bits per heavy atom. The first-order valence-corrected chi connectivity index (χ1v) is 11.7. The van der Waals surface area contributed by atoms with E-state index in [4.69, 9.17) is 14.2 Å². The summed E-state index contributed by atoms with van der Waals surface area (Å²) in [6, 6.07) is 31.3. The third kappa shape index (κ3) is 6.84. The highest BCUT2D eigenvalue weighted by Gasteiger charge is 2.37. The Balaban J connectivity index is 1.77. The Kier molecular flexibility index (Phi) is 10.3. The van der Waals surface area contributed by atoms with Crippen LogP contribution >= 0.6 is 0 Å². The molecule has 0 bridgehead atoms. The van der Waals surface area contributed by atoms with Gasteiger partial charge in [-0.15, -0.1) is 0 Å². The number of hydrogen-bond donors (Lipinski definition) is 0. The van der Waals surface area contributed by atoms with Gasteiger partial charge in [0.15, 0.2) is 0 Å². The molecule has 3 aromatic carbocycles. The average molecular weight is 447 g/mol. The Hall–Kier alpha value is -2.79. The standard InChI is InChI=1S/C29H34O4/c1-31-24-32-28(21-13-22-30)20-11-12-23-33-29(25-14-5-2-6-15-25,26-16-7-3-8-17-26)27-18-9-4-10-19-27/h2-10,14-19,22,28H,11-13,20-21,23-24H2,1H3/t28-/m1/s1. The minimum atomic E-state index is -0.687. The van der Waals surface area contributed by atoms with Crippen LogP contribution < -0.4 is 0 Å². The summed E-state index contributed by atoms with van der Waals surface area (Å²) in [5, 5.41) is 0. The van der Waals surface area contributed by atoms with E-state index in [-0.39, 0.29) is 12.9 Å². The highest BCUT2D eigenvalue weighted by Crippen LogP contribution is 2.40. The van der Waals surface area contributed by atoms with Gasteiger partial charge in [-0.3, -0.25) is 0 Å². The SMILES string of the molecule is COCO[C@@H](CCC=O)CCCCOC(c1ccccc1)(c1ccccc1)c1ccccc1. The maximum absolute atomic E-state index is 10.8. The van der Waals surface area contributed by atoms with E-state index in [9.17, 15) is 4.79 Å². The van der Waals surface area contributed by atoms with Crippen molar-refractivity contribution in [2.24, 2.45) is 0 Å². The van der Waals surface area contributed by atoms with Gasteiger partial charge in [-0.25, -0.2) is 0 Å². The zero-order chi connectivity index (χ0) is 23.2. The molecule has 0 aliphatic carbocycles. The summed E-state index contributed by atoms with van der Waals surface area (Å²) in [7, 11) is 1.61. The topological polar surface area (TPSA) is 44.8 Å². The number of ether oxygens (including phenoxy) is 3. The molecule has 0 aromatic heterocycles. The lowest BCUT2D eigenvalue weighted by atomic mass is 9.80. The average Bonchev–Trinajstić information content (AvgIpc) is 2.89. The monoisotopic (exact) mass is 446 g/mol. The molecule has 0 spiro atoms. The van der Waals surface area contributed by atoms with E-state index in [0.717, 1.165) is 48.7 Å². The van der Waals surface area contributed by atoms with Gasteiger partial charge >= 0.3 is 0 Å². The second-order valence-corrected chi connectivity index (χ2v) is 8.06. The molecule has 0 saturated heterocycles. The van der Waals surface area contributed by atoms with E-state index in [0.29, 0.717) is 13.0 Å². The molecule has 33 heavy (non-hydrogen) atoms. The van der Waals surface area contributed by atoms with Crippen molar-refractivity contribution >= 4 is 6.29 Å². The molecule has 4 heteroatoms. The van der Waals surface area contributed by atoms with Crippen LogP contribution in [0.5, 0.6) is 0 Å². The summed E-state index contributed by atoms with van der Waals surface area (Å²) in [5.41, 5.74) is 2.63. The van der Waals surface area contributed by atoms with Gasteiger partial charge in [0.25, 0.3) is 0 Å². The van der Waals surface area contributed by atoms with E-state index in [2.05, 4.69) is 72.8 Å². The van der Waals surface area contributed by atoms with E-state index < -0.39 is 5.60 Å². The minimum Gasteiger partial charge on any atom is -0.361 e. The lowest BCUT2D eigenvalue weighted by Gasteiger charge is -2.36. The van der Waals surface area contributed by atoms with Crippen molar-refractivity contribution in [3.63, 3.8) is 0 Å². The highest BCUT2D eigenvalue weighted by molar-refractivity contribution is 5.49. The molecule has 0 radical (unpaired) electrons. The van der Waals surface area contributed by atoms with Crippen LogP contribution in [0.2, 0.25) is 0 Å². The molecular weight excluding hydrogens is 412 g/mol. The maximum atomic E-state index is 10.8. The number of benzene rings is 3. The van der Waals surface area contributed by atoms with Crippen LogP contribution in [0.1, 0.15) is 48.8 Å². The number of hydrogen-bond acceptors (Lipinski definition) is 4. The number of carbonyl (C=O) groups is 1. The highest BCUT2D eigenvalue weighted by atomic mass is 16.7. The van der Waals surface area contributed by atoms with E-state index in [1.54, 1.807) is 7.11 Å². The smallest absolute Gasteiger partial charge is 0.146 e. The van der Waals surface area contributed by atoms with Crippen molar-refractivity contribution in [3.05, 3.63) is 108 Å². The van der Waals surface area contributed by atoms with Gasteiger partial charge in [-0.05, 0) is 42.4 Å². The van der Waals surface area contributed by atoms with Crippen molar-refractivity contribution in [1.29, 1.82) is 0 Å². The predicted octanol–water partition coefficient (Wildman–Crippen LogP) is 6.13. The first kappa shape index (κ1) is 24.8. The number of carbonyl (C=O) groups excluding carboxylic acids is 1. The van der Waals surface area contributed by atoms with Gasteiger partial charge in [0, 0.05) is 20.1 Å². The van der Waals surface area contributed by atoms with Gasteiger partial charge in [0.1, 0.15) is 18.7 Å². The lowest BCUT2D eigenvalue weighted by molar-refractivity contribution is -0.110. The molecule has 0 amide bonds. The third-order valence-electron chi connectivity index (χ3n) is 5.81. The molecule has 0 N–H and O–H groups in total. The summed E-state index contributed by atoms with van der Waals surface area (Å²) in [5.74, 6) is 0. The lowest BCUT2D eigenvalue weighted by Crippen LogP contribution is -2.33. The van der Waals surface area contributed by atoms with Gasteiger partial charge in [0.2, 0.25) is 0 Å². The number of rotatable bonds is 15. The summed E-state index contributed by atoms with van der Waals surface area (Å²) >= 11 is 0. The quantitative estimate of drug-likeness (QED) is 0.122. The second-order valence-electron chi connectivity index (χ2n) is 8.06. The molecule has 0 aliphatic heterocycles. The normalized spacial score (nSPS) is 12.4. The van der Waals surface area contributed by atoms with Crippen LogP contribution in [0.25, 0.3) is 0 Å². The van der Waals surface area contributed by atoms with Crippen LogP contribution in [0.3, 0.4) is 0 Å². The summed E-state index contributed by atoms with van der Waals surface area (Å²) in [6.07, 6.45) is 4.90. The molecule has 0 aliphatic rings. The largest absolute Gasteiger partial charge is 0.361 e. The van der Waals surface area contributed by atoms with Crippen molar-refractivity contribution in [2.45, 2.75) is 43.8 Å². The first-order valence-electron chi connectivity index (χ1n) is 11.7. The molecular formula is C29H34O4. The van der Waals surface area contributed by atoms with E-state index in [1.165, 1.54) is 0 Å². The fourth-order valence-corrected chi connectivity index (χ4v) is 4.20. The zero-order valence-corrected chi connectivity index (χ0v) is 19.4. The molecule has 1 atom stereocenters. The molecule has 0 unspecified atom stereocenters. The number of aldehydes is 1. The Morgan fingerprint density at radius 1 is 0.758 bits per heavy atom. The molecule has 0 fully saturated rings. The fourth-order valence-electron chi connectivity index (χ4n) is 4.20. The summed E-state index contributed by atoms with van der Waals surface area (Å²) < 4.78 is 17.6. The second kappa shape index (κ2) is 13.7.